The molecular weight excluding hydrogens is 536 g/mol. The smallest absolute Gasteiger partial charge is 0.348 e. The molecule has 2 heterocycles. The van der Waals surface area contributed by atoms with Crippen LogP contribution in [0.2, 0.25) is 5.02 Å². The van der Waals surface area contributed by atoms with Crippen molar-refractivity contribution in [3.63, 3.8) is 0 Å². The van der Waals surface area contributed by atoms with E-state index in [4.69, 9.17) is 37.7 Å². The van der Waals surface area contributed by atoms with E-state index in [1.807, 2.05) is 25.1 Å². The van der Waals surface area contributed by atoms with E-state index < -0.39 is 17.8 Å². The Hall–Kier alpha value is -3.47. The summed E-state index contributed by atoms with van der Waals surface area (Å²) in [7, 11) is 0. The number of rotatable bonds is 8. The van der Waals surface area contributed by atoms with Crippen LogP contribution in [0, 0.1) is 13.8 Å². The van der Waals surface area contributed by atoms with E-state index in [1.54, 1.807) is 32.9 Å². The maximum Gasteiger partial charge on any atom is 0.348 e. The van der Waals surface area contributed by atoms with Crippen LogP contribution in [0.4, 0.5) is 5.00 Å². The van der Waals surface area contributed by atoms with Gasteiger partial charge in [0.1, 0.15) is 21.4 Å². The molecule has 0 bridgehead atoms. The van der Waals surface area contributed by atoms with Gasteiger partial charge in [-0.1, -0.05) is 23.7 Å². The third kappa shape index (κ3) is 7.06. The summed E-state index contributed by atoms with van der Waals surface area (Å²) < 4.78 is 16.0. The van der Waals surface area contributed by atoms with Gasteiger partial charge in [0.25, 0.3) is 0 Å². The minimum absolute atomic E-state index is 0.0636. The van der Waals surface area contributed by atoms with Crippen molar-refractivity contribution in [2.75, 3.05) is 18.5 Å². The van der Waals surface area contributed by atoms with Crippen molar-refractivity contribution in [2.24, 2.45) is 0 Å². The highest BCUT2D eigenvalue weighted by Crippen LogP contribution is 2.34. The second kappa shape index (κ2) is 12.7. The standard InChI is InChI=1S/C26H25ClN2O6S2/c1-5-33-24(31)21-15(4)22(25(32)34-6-2)37-23(21)29-26(36)28-20(30)12-10-17-9-11-19(35-17)16-8-7-14(3)18(27)13-16/h7-13H,5-6H2,1-4H3,(H2,28,29,30,36)/b12-10+. The maximum atomic E-state index is 12.5. The quantitative estimate of drug-likeness (QED) is 0.192. The zero-order chi connectivity index (χ0) is 27.1. The molecule has 0 aliphatic heterocycles. The molecule has 11 heteroatoms. The Morgan fingerprint density at radius 2 is 1.78 bits per heavy atom. The first-order valence-corrected chi connectivity index (χ1v) is 12.9. The number of hydrogen-bond donors (Lipinski definition) is 2. The van der Waals surface area contributed by atoms with Crippen molar-refractivity contribution in [3.8, 4) is 11.3 Å². The molecule has 2 aromatic heterocycles. The fraction of sp³-hybridized carbons (Fsp3) is 0.231. The molecule has 0 spiro atoms. The number of esters is 2. The van der Waals surface area contributed by atoms with Gasteiger partial charge >= 0.3 is 11.9 Å². The van der Waals surface area contributed by atoms with Gasteiger partial charge in [-0.25, -0.2) is 9.59 Å². The molecule has 0 unspecified atom stereocenters. The predicted octanol–water partition coefficient (Wildman–Crippen LogP) is 6.16. The zero-order valence-corrected chi connectivity index (χ0v) is 23.0. The van der Waals surface area contributed by atoms with Crippen molar-refractivity contribution in [1.29, 1.82) is 0 Å². The number of ether oxygens (including phenoxy) is 2. The fourth-order valence-corrected chi connectivity index (χ4v) is 4.77. The number of carbonyl (C=O) groups is 3. The largest absolute Gasteiger partial charge is 0.462 e. The average molecular weight is 561 g/mol. The monoisotopic (exact) mass is 560 g/mol. The first-order chi connectivity index (χ1) is 17.6. The molecule has 0 aliphatic rings. The maximum absolute atomic E-state index is 12.5. The van der Waals surface area contributed by atoms with E-state index in [0.29, 0.717) is 22.1 Å². The van der Waals surface area contributed by atoms with Crippen LogP contribution in [0.3, 0.4) is 0 Å². The Labute approximate surface area is 228 Å². The molecular formula is C26H25ClN2O6S2. The van der Waals surface area contributed by atoms with Gasteiger partial charge in [0.15, 0.2) is 5.11 Å². The summed E-state index contributed by atoms with van der Waals surface area (Å²) in [5, 5.41) is 6.15. The lowest BCUT2D eigenvalue weighted by Crippen LogP contribution is -2.33. The van der Waals surface area contributed by atoms with Crippen molar-refractivity contribution in [1.82, 2.24) is 5.32 Å². The minimum Gasteiger partial charge on any atom is -0.462 e. The van der Waals surface area contributed by atoms with E-state index in [-0.39, 0.29) is 33.8 Å². The van der Waals surface area contributed by atoms with Crippen LogP contribution in [0.25, 0.3) is 17.4 Å². The number of carbonyl (C=O) groups excluding carboxylic acids is 3. The molecule has 0 radical (unpaired) electrons. The van der Waals surface area contributed by atoms with E-state index >= 15 is 0 Å². The summed E-state index contributed by atoms with van der Waals surface area (Å²) in [5.74, 6) is -0.640. The molecule has 0 aliphatic carbocycles. The Morgan fingerprint density at radius 1 is 1.08 bits per heavy atom. The van der Waals surface area contributed by atoms with E-state index in [0.717, 1.165) is 22.5 Å². The molecule has 1 aromatic carbocycles. The summed E-state index contributed by atoms with van der Waals surface area (Å²) in [5.41, 5.74) is 2.33. The molecule has 3 rings (SSSR count). The molecule has 0 atom stereocenters. The predicted molar refractivity (Wildman–Crippen MR) is 148 cm³/mol. The van der Waals surface area contributed by atoms with Gasteiger partial charge in [-0.15, -0.1) is 11.3 Å². The van der Waals surface area contributed by atoms with Crippen LogP contribution in [0.15, 0.2) is 40.8 Å². The van der Waals surface area contributed by atoms with Gasteiger partial charge in [0.05, 0.1) is 18.8 Å². The zero-order valence-electron chi connectivity index (χ0n) is 20.6. The SMILES string of the molecule is CCOC(=O)c1sc(NC(=S)NC(=O)/C=C/c2ccc(-c3ccc(C)c(Cl)c3)o2)c(C(=O)OCC)c1C. The molecule has 8 nitrogen and oxygen atoms in total. The van der Waals surface area contributed by atoms with E-state index in [2.05, 4.69) is 10.6 Å². The van der Waals surface area contributed by atoms with Crippen LogP contribution >= 0.6 is 35.2 Å². The number of anilines is 1. The first-order valence-electron chi connectivity index (χ1n) is 11.3. The number of benzene rings is 1. The van der Waals surface area contributed by atoms with Gasteiger partial charge < -0.3 is 19.2 Å². The Morgan fingerprint density at radius 3 is 2.46 bits per heavy atom. The number of aryl methyl sites for hydroxylation is 1. The number of furan rings is 1. The van der Waals surface area contributed by atoms with Crippen LogP contribution in [-0.4, -0.2) is 36.2 Å². The lowest BCUT2D eigenvalue weighted by atomic mass is 10.1. The van der Waals surface area contributed by atoms with Gasteiger partial charge in [0, 0.05) is 16.7 Å². The molecule has 37 heavy (non-hydrogen) atoms. The van der Waals surface area contributed by atoms with Gasteiger partial charge in [-0.3, -0.25) is 10.1 Å². The number of hydrogen-bond acceptors (Lipinski definition) is 8. The summed E-state index contributed by atoms with van der Waals surface area (Å²) in [6, 6.07) is 9.11. The molecule has 1 amide bonds. The second-order valence-electron chi connectivity index (χ2n) is 7.64. The van der Waals surface area contributed by atoms with Crippen molar-refractivity contribution in [2.45, 2.75) is 27.7 Å². The lowest BCUT2D eigenvalue weighted by Gasteiger charge is -2.09. The van der Waals surface area contributed by atoms with Gasteiger partial charge in [0.2, 0.25) is 5.91 Å². The highest BCUT2D eigenvalue weighted by Gasteiger charge is 2.27. The third-order valence-corrected chi connectivity index (χ3v) is 6.83. The lowest BCUT2D eigenvalue weighted by molar-refractivity contribution is -0.115. The first kappa shape index (κ1) is 28.1. The van der Waals surface area contributed by atoms with Crippen LogP contribution in [0.5, 0.6) is 0 Å². The number of halogens is 1. The topological polar surface area (TPSA) is 107 Å². The molecule has 0 saturated carbocycles. The highest BCUT2D eigenvalue weighted by atomic mass is 35.5. The van der Waals surface area contributed by atoms with Crippen LogP contribution < -0.4 is 10.6 Å². The summed E-state index contributed by atoms with van der Waals surface area (Å²) in [6.07, 6.45) is 2.75. The van der Waals surface area contributed by atoms with Crippen molar-refractivity contribution in [3.05, 3.63) is 68.8 Å². The Kier molecular flexibility index (Phi) is 9.62. The molecule has 3 aromatic rings. The second-order valence-corrected chi connectivity index (χ2v) is 9.48. The Bertz CT molecular complexity index is 1380. The summed E-state index contributed by atoms with van der Waals surface area (Å²) in [6.45, 7) is 7.23. The normalized spacial score (nSPS) is 10.8. The number of thiophene rings is 1. The van der Waals surface area contributed by atoms with Crippen molar-refractivity contribution < 1.29 is 28.3 Å². The van der Waals surface area contributed by atoms with Crippen molar-refractivity contribution >= 4 is 69.2 Å². The van der Waals surface area contributed by atoms with Gasteiger partial charge in [-0.2, -0.15) is 0 Å². The molecule has 2 N–H and O–H groups in total. The average Bonchev–Trinajstić information content (AvgIpc) is 3.44. The summed E-state index contributed by atoms with van der Waals surface area (Å²) in [4.78, 5) is 37.5. The van der Waals surface area contributed by atoms with Crippen LogP contribution in [0.1, 0.15) is 50.8 Å². The van der Waals surface area contributed by atoms with Crippen LogP contribution in [-0.2, 0) is 14.3 Å². The molecule has 194 valence electrons. The van der Waals surface area contributed by atoms with E-state index in [9.17, 15) is 14.4 Å². The number of thiocarbonyl (C=S) groups is 1. The van der Waals surface area contributed by atoms with Gasteiger partial charge in [-0.05, 0) is 75.3 Å². The molecule has 0 fully saturated rings. The molecule has 0 saturated heterocycles. The third-order valence-electron chi connectivity index (χ3n) is 5.03. The van der Waals surface area contributed by atoms with E-state index in [1.165, 1.54) is 12.2 Å². The highest BCUT2D eigenvalue weighted by molar-refractivity contribution is 7.80. The number of nitrogens with one attached hydrogen (secondary N) is 2. The fourth-order valence-electron chi connectivity index (χ4n) is 3.23. The Balaban J connectivity index is 1.69. The minimum atomic E-state index is -0.619. The number of amides is 1. The summed E-state index contributed by atoms with van der Waals surface area (Å²) >= 11 is 12.4.